The molecule has 1 aliphatic heterocycles. The minimum atomic E-state index is -0.459. The lowest BCUT2D eigenvalue weighted by atomic mass is 10.1. The molecule has 1 amide bonds. The number of nitrogens with zero attached hydrogens (tertiary/aromatic N) is 1. The van der Waals surface area contributed by atoms with Crippen LogP contribution in [-0.2, 0) is 0 Å². The molecular formula is C40H40ClN3O10. The zero-order chi connectivity index (χ0) is 38.4. The number of anilines is 1. The Labute approximate surface area is 317 Å². The van der Waals surface area contributed by atoms with Gasteiger partial charge < -0.3 is 53.1 Å². The van der Waals surface area contributed by atoms with Gasteiger partial charge in [0.1, 0.15) is 11.9 Å². The third-order valence-electron chi connectivity index (χ3n) is 8.64. The number of aromatic nitrogens is 1. The third kappa shape index (κ3) is 7.91. The second-order valence-corrected chi connectivity index (χ2v) is 12.4. The molecule has 13 nitrogen and oxygen atoms in total. The summed E-state index contributed by atoms with van der Waals surface area (Å²) in [5.74, 6) is 4.46. The number of benzene rings is 4. The third-order valence-corrected chi connectivity index (χ3v) is 8.88. The number of methoxy groups -OCH3 is 6. The first-order valence-corrected chi connectivity index (χ1v) is 17.1. The lowest BCUT2D eigenvalue weighted by molar-refractivity contribution is 0.0935. The van der Waals surface area contributed by atoms with Crippen LogP contribution in [0.5, 0.6) is 46.0 Å². The minimum absolute atomic E-state index is 0.221. The molecule has 1 aromatic heterocycles. The molecule has 1 aliphatic rings. The average Bonchev–Trinajstić information content (AvgIpc) is 3.69. The van der Waals surface area contributed by atoms with Crippen molar-refractivity contribution in [1.82, 2.24) is 10.5 Å². The maximum absolute atomic E-state index is 12.7. The van der Waals surface area contributed by atoms with Crippen molar-refractivity contribution in [2.75, 3.05) is 54.6 Å². The summed E-state index contributed by atoms with van der Waals surface area (Å²) in [6.07, 6.45) is 0.615. The van der Waals surface area contributed by atoms with E-state index in [0.29, 0.717) is 110 Å². The van der Waals surface area contributed by atoms with Gasteiger partial charge in [0.05, 0.1) is 60.6 Å². The first-order chi connectivity index (χ1) is 26.2. The second kappa shape index (κ2) is 16.6. The van der Waals surface area contributed by atoms with Crippen LogP contribution >= 0.6 is 11.6 Å². The van der Waals surface area contributed by atoms with E-state index in [-0.39, 0.29) is 5.91 Å². The number of ether oxygens (including phenoxy) is 8. The van der Waals surface area contributed by atoms with Gasteiger partial charge in [-0.1, -0.05) is 29.4 Å². The molecule has 282 valence electrons. The highest BCUT2D eigenvalue weighted by molar-refractivity contribution is 6.31. The number of amides is 1. The smallest absolute Gasteiger partial charge is 0.255 e. The molecule has 5 aromatic rings. The Morgan fingerprint density at radius 1 is 0.741 bits per heavy atom. The number of carbonyl (C=O) groups excluding carboxylic acids is 1. The summed E-state index contributed by atoms with van der Waals surface area (Å²) in [7, 11) is 9.28. The molecule has 0 bridgehead atoms. The quantitative estimate of drug-likeness (QED) is 0.0739. The lowest BCUT2D eigenvalue weighted by Gasteiger charge is -2.28. The van der Waals surface area contributed by atoms with Crippen LogP contribution in [0, 0.1) is 0 Å². The number of halogens is 1. The summed E-state index contributed by atoms with van der Waals surface area (Å²) in [4.78, 5) is 12.7. The maximum atomic E-state index is 12.7. The molecule has 0 spiro atoms. The van der Waals surface area contributed by atoms with Gasteiger partial charge in [0.2, 0.25) is 11.5 Å². The number of hydrogen-bond donors (Lipinski definition) is 2. The highest BCUT2D eigenvalue weighted by Gasteiger charge is 2.26. The normalized spacial score (nSPS) is 13.2. The minimum Gasteiger partial charge on any atom is -0.493 e. The standard InChI is InChI=1S/C40H40ClN3O10/c1-22(9-8-14-52-30-13-10-23(15-32(30)46-2)39-42-28-12-11-26(41)20-27(28)40(45)43-39)53-38-35(49-5)18-25(19-36(38)50-6)31-21-29(44-54-31)24-16-33(47-3)37(51-7)34(17-24)48-4/h10-13,15-21,39,42H,1,8-9,14H2,2-7H3,(H,43,45). The predicted molar refractivity (Wildman–Crippen MR) is 203 cm³/mol. The van der Waals surface area contributed by atoms with Gasteiger partial charge in [0, 0.05) is 34.3 Å². The molecular weight excluding hydrogens is 718 g/mol. The molecule has 0 saturated heterocycles. The number of rotatable bonds is 16. The summed E-state index contributed by atoms with van der Waals surface area (Å²) in [6.45, 7) is 4.47. The first-order valence-electron chi connectivity index (χ1n) is 16.8. The fraction of sp³-hybridized carbons (Fsp3) is 0.250. The SMILES string of the molecule is C=C(CCCOc1ccc(C2NC(=O)c3cc(Cl)ccc3N2)cc1OC)Oc1c(OC)cc(-c2cc(-c3cc(OC)c(OC)c(OC)c3)no2)cc1OC. The zero-order valence-electron chi connectivity index (χ0n) is 30.7. The van der Waals surface area contributed by atoms with Crippen molar-refractivity contribution in [2.24, 2.45) is 0 Å². The molecule has 54 heavy (non-hydrogen) atoms. The molecule has 1 unspecified atom stereocenters. The number of nitrogens with one attached hydrogen (secondary N) is 2. The van der Waals surface area contributed by atoms with Gasteiger partial charge in [-0.25, -0.2) is 0 Å². The van der Waals surface area contributed by atoms with Crippen molar-refractivity contribution < 1.29 is 47.2 Å². The molecule has 0 fully saturated rings. The van der Waals surface area contributed by atoms with Crippen LogP contribution in [0.15, 0.2) is 83.6 Å². The lowest BCUT2D eigenvalue weighted by Crippen LogP contribution is -2.38. The molecule has 4 aromatic carbocycles. The number of allylic oxidation sites excluding steroid dienone is 1. The highest BCUT2D eigenvalue weighted by Crippen LogP contribution is 2.45. The van der Waals surface area contributed by atoms with Crippen LogP contribution < -0.4 is 48.5 Å². The van der Waals surface area contributed by atoms with Crippen molar-refractivity contribution in [3.63, 3.8) is 0 Å². The van der Waals surface area contributed by atoms with Gasteiger partial charge in [-0.05, 0) is 66.6 Å². The van der Waals surface area contributed by atoms with Crippen molar-refractivity contribution in [3.8, 4) is 68.6 Å². The van der Waals surface area contributed by atoms with Gasteiger partial charge in [-0.2, -0.15) is 0 Å². The van der Waals surface area contributed by atoms with E-state index in [1.807, 2.05) is 18.2 Å². The monoisotopic (exact) mass is 757 g/mol. The van der Waals surface area contributed by atoms with E-state index < -0.39 is 6.17 Å². The van der Waals surface area contributed by atoms with E-state index >= 15 is 0 Å². The fourth-order valence-electron chi connectivity index (χ4n) is 5.93. The number of hydrogen-bond acceptors (Lipinski definition) is 12. The molecule has 1 atom stereocenters. The topological polar surface area (TPSA) is 141 Å². The van der Waals surface area contributed by atoms with Crippen molar-refractivity contribution in [3.05, 3.63) is 95.2 Å². The van der Waals surface area contributed by atoms with E-state index in [0.717, 1.165) is 5.56 Å². The summed E-state index contributed by atoms with van der Waals surface area (Å²) in [5, 5.41) is 11.0. The molecule has 6 rings (SSSR count). The zero-order valence-corrected chi connectivity index (χ0v) is 31.4. The number of carbonyl (C=O) groups is 1. The van der Waals surface area contributed by atoms with Gasteiger partial charge in [0.25, 0.3) is 5.91 Å². The van der Waals surface area contributed by atoms with Crippen LogP contribution in [0.3, 0.4) is 0 Å². The van der Waals surface area contributed by atoms with Crippen LogP contribution in [-0.4, -0.2) is 60.3 Å². The average molecular weight is 758 g/mol. The molecule has 0 aliphatic carbocycles. The van der Waals surface area contributed by atoms with Crippen LogP contribution in [0.4, 0.5) is 5.69 Å². The summed E-state index contributed by atoms with van der Waals surface area (Å²) >= 11 is 6.07. The van der Waals surface area contributed by atoms with E-state index in [1.165, 1.54) is 14.2 Å². The predicted octanol–water partition coefficient (Wildman–Crippen LogP) is 8.32. The molecule has 0 saturated carbocycles. The van der Waals surface area contributed by atoms with Crippen molar-refractivity contribution in [2.45, 2.75) is 19.0 Å². The number of fused-ring (bicyclic) bond motifs is 1. The van der Waals surface area contributed by atoms with Gasteiger partial charge in [0.15, 0.2) is 40.3 Å². The van der Waals surface area contributed by atoms with Crippen LogP contribution in [0.1, 0.15) is 34.9 Å². The Balaban J connectivity index is 1.08. The van der Waals surface area contributed by atoms with E-state index in [9.17, 15) is 4.79 Å². The molecule has 2 N–H and O–H groups in total. The van der Waals surface area contributed by atoms with Gasteiger partial charge in [-0.15, -0.1) is 0 Å². The van der Waals surface area contributed by atoms with Gasteiger partial charge >= 0.3 is 0 Å². The Kier molecular flexibility index (Phi) is 11.6. The van der Waals surface area contributed by atoms with Crippen LogP contribution in [0.2, 0.25) is 5.02 Å². The van der Waals surface area contributed by atoms with E-state index in [1.54, 1.807) is 77.0 Å². The van der Waals surface area contributed by atoms with Crippen molar-refractivity contribution in [1.29, 1.82) is 0 Å². The Morgan fingerprint density at radius 3 is 2.04 bits per heavy atom. The first kappa shape index (κ1) is 37.5. The molecule has 0 radical (unpaired) electrons. The maximum Gasteiger partial charge on any atom is 0.255 e. The Bertz CT molecular complexity index is 2120. The summed E-state index contributed by atoms with van der Waals surface area (Å²) < 4.78 is 51.4. The summed E-state index contributed by atoms with van der Waals surface area (Å²) in [5.41, 5.74) is 3.89. The largest absolute Gasteiger partial charge is 0.493 e. The summed E-state index contributed by atoms with van der Waals surface area (Å²) in [6, 6.07) is 19.6. The van der Waals surface area contributed by atoms with Crippen molar-refractivity contribution >= 4 is 23.2 Å². The highest BCUT2D eigenvalue weighted by atomic mass is 35.5. The van der Waals surface area contributed by atoms with Crippen LogP contribution in [0.25, 0.3) is 22.6 Å². The fourth-order valence-corrected chi connectivity index (χ4v) is 6.10. The van der Waals surface area contributed by atoms with E-state index in [4.69, 9.17) is 54.0 Å². The second-order valence-electron chi connectivity index (χ2n) is 11.9. The molecule has 2 heterocycles. The van der Waals surface area contributed by atoms with E-state index in [2.05, 4.69) is 22.4 Å². The Morgan fingerprint density at radius 2 is 1.39 bits per heavy atom. The Hall–Kier alpha value is -6.21. The van der Waals surface area contributed by atoms with Gasteiger partial charge in [-0.3, -0.25) is 4.79 Å². The molecule has 14 heteroatoms.